The lowest BCUT2D eigenvalue weighted by Crippen LogP contribution is -2.22. The average molecular weight is 249 g/mol. The van der Waals surface area contributed by atoms with E-state index in [1.807, 2.05) is 0 Å². The van der Waals surface area contributed by atoms with Crippen LogP contribution in [0, 0.1) is 10.1 Å². The normalized spacial score (nSPS) is 11.5. The van der Waals surface area contributed by atoms with Crippen LogP contribution in [0.4, 0.5) is 5.69 Å². The van der Waals surface area contributed by atoms with Crippen LogP contribution in [0.5, 0.6) is 0 Å². The molecule has 5 heteroatoms. The maximum Gasteiger partial charge on any atom is 0.331 e. The molecule has 0 spiro atoms. The fourth-order valence-electron chi connectivity index (χ4n) is 1.21. The summed E-state index contributed by atoms with van der Waals surface area (Å²) in [5.41, 5.74) is 0.188. The van der Waals surface area contributed by atoms with Gasteiger partial charge in [0.2, 0.25) is 0 Å². The molecule has 0 radical (unpaired) electrons. The third kappa shape index (κ3) is 4.78. The van der Waals surface area contributed by atoms with Crippen molar-refractivity contribution in [2.45, 2.75) is 26.4 Å². The summed E-state index contributed by atoms with van der Waals surface area (Å²) in [5, 5.41) is 10.4. The van der Waals surface area contributed by atoms with Crippen molar-refractivity contribution in [1.82, 2.24) is 0 Å². The van der Waals surface area contributed by atoms with Crippen molar-refractivity contribution in [3.63, 3.8) is 0 Å². The van der Waals surface area contributed by atoms with E-state index in [1.165, 1.54) is 18.2 Å². The zero-order chi connectivity index (χ0) is 13.8. The van der Waals surface area contributed by atoms with E-state index in [-0.39, 0.29) is 5.69 Å². The highest BCUT2D eigenvalue weighted by Gasteiger charge is 2.13. The summed E-state index contributed by atoms with van der Waals surface area (Å²) in [7, 11) is 0. The Kier molecular flexibility index (Phi) is 4.20. The molecule has 1 aromatic carbocycles. The van der Waals surface area contributed by atoms with E-state index < -0.39 is 16.5 Å². The topological polar surface area (TPSA) is 69.4 Å². The monoisotopic (exact) mass is 249 g/mol. The Balaban J connectivity index is 2.67. The Morgan fingerprint density at radius 1 is 1.28 bits per heavy atom. The maximum absolute atomic E-state index is 11.4. The van der Waals surface area contributed by atoms with Gasteiger partial charge in [0.25, 0.3) is 5.69 Å². The third-order valence-corrected chi connectivity index (χ3v) is 1.92. The summed E-state index contributed by atoms with van der Waals surface area (Å²) in [6, 6.07) is 5.90. The zero-order valence-electron chi connectivity index (χ0n) is 10.5. The molecule has 18 heavy (non-hydrogen) atoms. The van der Waals surface area contributed by atoms with Crippen molar-refractivity contribution in [3.05, 3.63) is 46.0 Å². The van der Waals surface area contributed by atoms with Crippen LogP contribution in [0.3, 0.4) is 0 Å². The number of carbonyl (C=O) groups excluding carboxylic acids is 1. The highest BCUT2D eigenvalue weighted by atomic mass is 16.6. The van der Waals surface area contributed by atoms with Gasteiger partial charge in [0, 0.05) is 18.2 Å². The number of nitro groups is 1. The van der Waals surface area contributed by atoms with Gasteiger partial charge in [0.05, 0.1) is 4.92 Å². The van der Waals surface area contributed by atoms with Gasteiger partial charge in [-0.1, -0.05) is 0 Å². The molecule has 0 N–H and O–H groups in total. The van der Waals surface area contributed by atoms with E-state index >= 15 is 0 Å². The van der Waals surface area contributed by atoms with Crippen LogP contribution >= 0.6 is 0 Å². The summed E-state index contributed by atoms with van der Waals surface area (Å²) in [4.78, 5) is 21.4. The minimum absolute atomic E-state index is 0.0180. The first-order valence-corrected chi connectivity index (χ1v) is 5.43. The van der Waals surface area contributed by atoms with E-state index in [0.29, 0.717) is 5.56 Å². The van der Waals surface area contributed by atoms with Crippen molar-refractivity contribution in [1.29, 1.82) is 0 Å². The number of nitro benzene ring substituents is 1. The molecule has 5 nitrogen and oxygen atoms in total. The molecule has 1 rings (SSSR count). The number of hydrogen-bond acceptors (Lipinski definition) is 4. The van der Waals surface area contributed by atoms with Gasteiger partial charge >= 0.3 is 5.97 Å². The lowest BCUT2D eigenvalue weighted by Gasteiger charge is -2.17. The van der Waals surface area contributed by atoms with Crippen molar-refractivity contribution >= 4 is 17.7 Å². The minimum Gasteiger partial charge on any atom is -0.457 e. The summed E-state index contributed by atoms with van der Waals surface area (Å²) < 4.78 is 5.09. The Morgan fingerprint density at radius 2 is 1.83 bits per heavy atom. The van der Waals surface area contributed by atoms with Gasteiger partial charge in [0.1, 0.15) is 5.60 Å². The lowest BCUT2D eigenvalue weighted by molar-refractivity contribution is -0.384. The van der Waals surface area contributed by atoms with Crippen molar-refractivity contribution < 1.29 is 14.5 Å². The quantitative estimate of drug-likeness (QED) is 0.357. The Labute approximate surface area is 105 Å². The Bertz CT molecular complexity index is 469. The van der Waals surface area contributed by atoms with E-state index in [0.717, 1.165) is 0 Å². The predicted molar refractivity (Wildman–Crippen MR) is 68.0 cm³/mol. The van der Waals surface area contributed by atoms with Gasteiger partial charge in [-0.25, -0.2) is 4.79 Å². The van der Waals surface area contributed by atoms with Crippen LogP contribution < -0.4 is 0 Å². The second kappa shape index (κ2) is 5.44. The van der Waals surface area contributed by atoms with Crippen LogP contribution in [-0.2, 0) is 9.53 Å². The first kappa shape index (κ1) is 13.9. The molecule has 1 aromatic rings. The largest absolute Gasteiger partial charge is 0.457 e. The molecule has 0 amide bonds. The minimum atomic E-state index is -0.531. The predicted octanol–water partition coefficient (Wildman–Crippen LogP) is 2.95. The molecule has 0 aliphatic heterocycles. The molecule has 0 aromatic heterocycles. The SMILES string of the molecule is CC(C)(C)OC(=O)/C=C\c1ccc([N+](=O)[O-])cc1. The number of benzene rings is 1. The van der Waals surface area contributed by atoms with Gasteiger partial charge in [-0.2, -0.15) is 0 Å². The van der Waals surface area contributed by atoms with Crippen LogP contribution in [0.25, 0.3) is 6.08 Å². The van der Waals surface area contributed by atoms with Crippen LogP contribution in [0.15, 0.2) is 30.3 Å². The van der Waals surface area contributed by atoms with Gasteiger partial charge in [-0.15, -0.1) is 0 Å². The fourth-order valence-corrected chi connectivity index (χ4v) is 1.21. The Morgan fingerprint density at radius 3 is 2.28 bits per heavy atom. The summed E-state index contributed by atoms with van der Waals surface area (Å²) in [6.07, 6.45) is 2.85. The average Bonchev–Trinajstić information content (AvgIpc) is 2.24. The molecule has 0 heterocycles. The molecule has 96 valence electrons. The zero-order valence-corrected chi connectivity index (χ0v) is 10.5. The van der Waals surface area contributed by atoms with E-state index in [9.17, 15) is 14.9 Å². The molecule has 0 atom stereocenters. The molecule has 0 unspecified atom stereocenters. The van der Waals surface area contributed by atoms with Gasteiger partial charge in [0.15, 0.2) is 0 Å². The van der Waals surface area contributed by atoms with Crippen LogP contribution in [-0.4, -0.2) is 16.5 Å². The molecule has 0 saturated carbocycles. The van der Waals surface area contributed by atoms with E-state index in [1.54, 1.807) is 39.0 Å². The standard InChI is InChI=1S/C13H15NO4/c1-13(2,3)18-12(15)9-6-10-4-7-11(8-5-10)14(16)17/h4-9H,1-3H3/b9-6-. The van der Waals surface area contributed by atoms with Crippen molar-refractivity contribution in [2.75, 3.05) is 0 Å². The number of hydrogen-bond donors (Lipinski definition) is 0. The van der Waals surface area contributed by atoms with Crippen LogP contribution in [0.2, 0.25) is 0 Å². The highest BCUT2D eigenvalue weighted by Crippen LogP contribution is 2.13. The van der Waals surface area contributed by atoms with Gasteiger partial charge in [-0.3, -0.25) is 10.1 Å². The van der Waals surface area contributed by atoms with Gasteiger partial charge in [-0.05, 0) is 44.5 Å². The number of nitrogens with zero attached hydrogens (tertiary/aromatic N) is 1. The lowest BCUT2D eigenvalue weighted by atomic mass is 10.2. The number of ether oxygens (including phenoxy) is 1. The molecule has 0 saturated heterocycles. The first-order chi connectivity index (χ1) is 8.28. The fraction of sp³-hybridized carbons (Fsp3) is 0.308. The third-order valence-electron chi connectivity index (χ3n) is 1.92. The maximum atomic E-state index is 11.4. The number of non-ortho nitro benzene ring substituents is 1. The number of carbonyl (C=O) groups is 1. The molecule has 0 aliphatic rings. The molecule has 0 aliphatic carbocycles. The first-order valence-electron chi connectivity index (χ1n) is 5.43. The molecule has 0 fully saturated rings. The van der Waals surface area contributed by atoms with E-state index in [4.69, 9.17) is 4.74 Å². The van der Waals surface area contributed by atoms with Crippen molar-refractivity contribution in [2.24, 2.45) is 0 Å². The summed E-state index contributed by atoms with van der Waals surface area (Å²) in [6.45, 7) is 5.35. The second-order valence-corrected chi connectivity index (χ2v) is 4.72. The molecular weight excluding hydrogens is 234 g/mol. The van der Waals surface area contributed by atoms with Gasteiger partial charge < -0.3 is 4.74 Å². The summed E-state index contributed by atoms with van der Waals surface area (Å²) in [5.74, 6) is -0.444. The van der Waals surface area contributed by atoms with Crippen molar-refractivity contribution in [3.8, 4) is 0 Å². The molecule has 0 bridgehead atoms. The number of esters is 1. The van der Waals surface area contributed by atoms with E-state index in [2.05, 4.69) is 0 Å². The highest BCUT2D eigenvalue weighted by molar-refractivity contribution is 5.87. The molecular formula is C13H15NO4. The van der Waals surface area contributed by atoms with Crippen LogP contribution in [0.1, 0.15) is 26.3 Å². The Hall–Kier alpha value is -2.17. The smallest absolute Gasteiger partial charge is 0.331 e. The second-order valence-electron chi connectivity index (χ2n) is 4.72. The summed E-state index contributed by atoms with van der Waals surface area (Å²) >= 11 is 0. The number of rotatable bonds is 3.